The number of guanidine groups is 1. The van der Waals surface area contributed by atoms with E-state index in [9.17, 15) is 0 Å². The van der Waals surface area contributed by atoms with Crippen LogP contribution in [0.2, 0.25) is 0 Å². The average Bonchev–Trinajstić information content (AvgIpc) is 3.16. The fraction of sp³-hybridized carbons (Fsp3) is 0.571. The van der Waals surface area contributed by atoms with Crippen LogP contribution in [0.25, 0.3) is 0 Å². The minimum absolute atomic E-state index is 0.310. The lowest BCUT2D eigenvalue weighted by molar-refractivity contribution is 0.129. The number of nitrogens with zero attached hydrogens (tertiary/aromatic N) is 2. The summed E-state index contributed by atoms with van der Waals surface area (Å²) in [6.45, 7) is 5.97. The van der Waals surface area contributed by atoms with Gasteiger partial charge in [-0.25, -0.2) is 0 Å². The molecule has 2 aliphatic rings. The van der Waals surface area contributed by atoms with Gasteiger partial charge < -0.3 is 15.0 Å². The van der Waals surface area contributed by atoms with Crippen LogP contribution in [0.4, 0.5) is 0 Å². The van der Waals surface area contributed by atoms with Crippen LogP contribution in [0.5, 0.6) is 5.75 Å². The van der Waals surface area contributed by atoms with Crippen molar-refractivity contribution in [3.63, 3.8) is 0 Å². The number of aliphatic imine (C=N–C) groups is 1. The molecular weight excluding hydrogens is 310 g/mol. The summed E-state index contributed by atoms with van der Waals surface area (Å²) in [7, 11) is 0. The third-order valence-corrected chi connectivity index (χ3v) is 4.95. The highest BCUT2D eigenvalue weighted by Crippen LogP contribution is 2.21. The summed E-state index contributed by atoms with van der Waals surface area (Å²) in [6.07, 6.45) is 9.77. The second-order valence-corrected chi connectivity index (χ2v) is 6.86. The molecule has 0 atom stereocenters. The molecule has 1 aliphatic heterocycles. The predicted octanol–water partition coefficient (Wildman–Crippen LogP) is 4.00. The SMILES string of the molecule is CCNC(=NCCC1=CCCC1)N1CCC(Oc2ccccc2)CC1. The first-order chi connectivity index (χ1) is 12.3. The molecule has 1 saturated heterocycles. The summed E-state index contributed by atoms with van der Waals surface area (Å²) < 4.78 is 6.10. The number of hydrogen-bond donors (Lipinski definition) is 1. The van der Waals surface area contributed by atoms with Crippen LogP contribution in [0, 0.1) is 0 Å². The van der Waals surface area contributed by atoms with Crippen molar-refractivity contribution in [3.8, 4) is 5.75 Å². The Bertz CT molecular complexity index is 574. The maximum atomic E-state index is 6.10. The molecule has 1 aromatic rings. The average molecular weight is 341 g/mol. The Hall–Kier alpha value is -1.97. The molecule has 0 aromatic heterocycles. The fourth-order valence-corrected chi connectivity index (χ4v) is 3.57. The molecule has 4 heteroatoms. The van der Waals surface area contributed by atoms with Crippen LogP contribution >= 0.6 is 0 Å². The number of allylic oxidation sites excluding steroid dienone is 1. The van der Waals surface area contributed by atoms with E-state index >= 15 is 0 Å². The van der Waals surface area contributed by atoms with Gasteiger partial charge in [0, 0.05) is 39.0 Å². The van der Waals surface area contributed by atoms with Crippen LogP contribution in [-0.2, 0) is 0 Å². The normalized spacial score (nSPS) is 19.0. The third kappa shape index (κ3) is 5.52. The summed E-state index contributed by atoms with van der Waals surface area (Å²) in [5.41, 5.74) is 1.59. The van der Waals surface area contributed by atoms with Crippen molar-refractivity contribution in [2.75, 3.05) is 26.2 Å². The second-order valence-electron chi connectivity index (χ2n) is 6.86. The summed E-state index contributed by atoms with van der Waals surface area (Å²) in [5.74, 6) is 2.05. The van der Waals surface area contributed by atoms with Gasteiger partial charge in [0.25, 0.3) is 0 Å². The lowest BCUT2D eigenvalue weighted by Crippen LogP contribution is -2.47. The van der Waals surface area contributed by atoms with Gasteiger partial charge in [0.2, 0.25) is 0 Å². The fourth-order valence-electron chi connectivity index (χ4n) is 3.57. The van der Waals surface area contributed by atoms with Gasteiger partial charge in [0.15, 0.2) is 5.96 Å². The van der Waals surface area contributed by atoms with Gasteiger partial charge >= 0.3 is 0 Å². The highest BCUT2D eigenvalue weighted by Gasteiger charge is 2.22. The molecule has 1 aliphatic carbocycles. The molecule has 1 N–H and O–H groups in total. The maximum Gasteiger partial charge on any atom is 0.193 e. The number of piperidine rings is 1. The summed E-state index contributed by atoms with van der Waals surface area (Å²) in [4.78, 5) is 7.25. The zero-order valence-corrected chi connectivity index (χ0v) is 15.4. The zero-order valence-electron chi connectivity index (χ0n) is 15.4. The molecule has 1 fully saturated rings. The first kappa shape index (κ1) is 17.8. The molecule has 0 spiro atoms. The number of rotatable bonds is 6. The largest absolute Gasteiger partial charge is 0.490 e. The molecule has 1 aromatic carbocycles. The van der Waals surface area contributed by atoms with Crippen molar-refractivity contribution in [1.82, 2.24) is 10.2 Å². The minimum Gasteiger partial charge on any atom is -0.490 e. The number of hydrogen-bond acceptors (Lipinski definition) is 2. The van der Waals surface area contributed by atoms with E-state index in [2.05, 4.69) is 23.2 Å². The van der Waals surface area contributed by atoms with Crippen LogP contribution in [0.1, 0.15) is 45.4 Å². The van der Waals surface area contributed by atoms with Crippen molar-refractivity contribution in [2.24, 2.45) is 4.99 Å². The first-order valence-corrected chi connectivity index (χ1v) is 9.78. The van der Waals surface area contributed by atoms with E-state index in [0.717, 1.165) is 57.2 Å². The standard InChI is InChI=1S/C21H31N3O/c1-2-22-21(23-15-12-18-8-6-7-9-18)24-16-13-20(14-17-24)25-19-10-4-3-5-11-19/h3-5,8,10-11,20H,2,6-7,9,12-17H2,1H3,(H,22,23). The van der Waals surface area contributed by atoms with Crippen LogP contribution in [0.3, 0.4) is 0 Å². The molecule has 1 heterocycles. The predicted molar refractivity (Wildman–Crippen MR) is 104 cm³/mol. The van der Waals surface area contributed by atoms with E-state index in [4.69, 9.17) is 9.73 Å². The zero-order chi connectivity index (χ0) is 17.3. The van der Waals surface area contributed by atoms with Crippen molar-refractivity contribution >= 4 is 5.96 Å². The minimum atomic E-state index is 0.310. The molecule has 0 amide bonds. The topological polar surface area (TPSA) is 36.9 Å². The van der Waals surface area contributed by atoms with Gasteiger partial charge in [0.1, 0.15) is 11.9 Å². The number of ether oxygens (including phenoxy) is 1. The van der Waals surface area contributed by atoms with Gasteiger partial charge in [-0.15, -0.1) is 0 Å². The quantitative estimate of drug-likeness (QED) is 0.483. The summed E-state index contributed by atoms with van der Waals surface area (Å²) in [5, 5.41) is 3.46. The molecule has 0 unspecified atom stereocenters. The molecule has 3 rings (SSSR count). The van der Waals surface area contributed by atoms with Crippen LogP contribution < -0.4 is 10.1 Å². The molecule has 4 nitrogen and oxygen atoms in total. The van der Waals surface area contributed by atoms with Gasteiger partial charge in [0.05, 0.1) is 0 Å². The number of likely N-dealkylation sites (tertiary alicyclic amines) is 1. The number of para-hydroxylation sites is 1. The third-order valence-electron chi connectivity index (χ3n) is 4.95. The smallest absolute Gasteiger partial charge is 0.193 e. The molecular formula is C21H31N3O. The first-order valence-electron chi connectivity index (χ1n) is 9.78. The Labute approximate surface area is 152 Å². The van der Waals surface area contributed by atoms with Crippen molar-refractivity contribution in [2.45, 2.75) is 51.6 Å². The molecule has 136 valence electrons. The van der Waals surface area contributed by atoms with Gasteiger partial charge in [-0.1, -0.05) is 29.8 Å². The Balaban J connectivity index is 1.47. The monoisotopic (exact) mass is 341 g/mol. The van der Waals surface area contributed by atoms with Gasteiger partial charge in [-0.05, 0) is 44.7 Å². The van der Waals surface area contributed by atoms with E-state index in [-0.39, 0.29) is 0 Å². The van der Waals surface area contributed by atoms with E-state index in [1.807, 2.05) is 30.3 Å². The lowest BCUT2D eigenvalue weighted by atomic mass is 10.1. The van der Waals surface area contributed by atoms with E-state index in [1.165, 1.54) is 19.3 Å². The highest BCUT2D eigenvalue weighted by molar-refractivity contribution is 5.80. The molecule has 0 radical (unpaired) electrons. The Morgan fingerprint density at radius 2 is 2.04 bits per heavy atom. The highest BCUT2D eigenvalue weighted by atomic mass is 16.5. The van der Waals surface area contributed by atoms with Crippen molar-refractivity contribution in [1.29, 1.82) is 0 Å². The summed E-state index contributed by atoms with van der Waals surface area (Å²) >= 11 is 0. The van der Waals surface area contributed by atoms with E-state index in [0.29, 0.717) is 6.10 Å². The molecule has 0 bridgehead atoms. The van der Waals surface area contributed by atoms with E-state index < -0.39 is 0 Å². The van der Waals surface area contributed by atoms with Gasteiger partial charge in [-0.2, -0.15) is 0 Å². The van der Waals surface area contributed by atoms with Crippen molar-refractivity contribution < 1.29 is 4.74 Å². The lowest BCUT2D eigenvalue weighted by Gasteiger charge is -2.34. The summed E-state index contributed by atoms with van der Waals surface area (Å²) in [6, 6.07) is 10.2. The number of benzene rings is 1. The van der Waals surface area contributed by atoms with Gasteiger partial charge in [-0.3, -0.25) is 4.99 Å². The van der Waals surface area contributed by atoms with E-state index in [1.54, 1.807) is 5.57 Å². The Morgan fingerprint density at radius 1 is 1.24 bits per heavy atom. The number of nitrogens with one attached hydrogen (secondary N) is 1. The molecule has 0 saturated carbocycles. The van der Waals surface area contributed by atoms with Crippen LogP contribution in [0.15, 0.2) is 47.0 Å². The van der Waals surface area contributed by atoms with Crippen molar-refractivity contribution in [3.05, 3.63) is 42.0 Å². The molecule has 25 heavy (non-hydrogen) atoms. The van der Waals surface area contributed by atoms with Crippen LogP contribution in [-0.4, -0.2) is 43.1 Å². The Morgan fingerprint density at radius 3 is 2.72 bits per heavy atom. The second kappa shape index (κ2) is 9.50. The Kier molecular flexibility index (Phi) is 6.78. The maximum absolute atomic E-state index is 6.10.